The number of alkyl halides is 1. The van der Waals surface area contributed by atoms with Crippen molar-refractivity contribution in [1.29, 1.82) is 0 Å². The zero-order valence-electron chi connectivity index (χ0n) is 6.66. The second-order valence-corrected chi connectivity index (χ2v) is 5.08. The standard InChI is InChI=1S/C7H12FNO2S/c8-7(5-9)6-1-3-12(10,11)4-2-6/h1,7H,2-5,9H2. The van der Waals surface area contributed by atoms with Gasteiger partial charge < -0.3 is 5.73 Å². The maximum Gasteiger partial charge on any atom is 0.154 e. The Morgan fingerprint density at radius 3 is 2.75 bits per heavy atom. The lowest BCUT2D eigenvalue weighted by molar-refractivity contribution is 0.382. The van der Waals surface area contributed by atoms with Crippen molar-refractivity contribution >= 4 is 9.84 Å². The van der Waals surface area contributed by atoms with Gasteiger partial charge >= 0.3 is 0 Å². The fourth-order valence-electron chi connectivity index (χ4n) is 1.13. The van der Waals surface area contributed by atoms with Crippen molar-refractivity contribution < 1.29 is 12.8 Å². The molecule has 5 heteroatoms. The predicted octanol–water partition coefficient (Wildman–Crippen LogP) is 0.0281. The van der Waals surface area contributed by atoms with Crippen molar-refractivity contribution in [1.82, 2.24) is 0 Å². The maximum atomic E-state index is 12.9. The van der Waals surface area contributed by atoms with Crippen molar-refractivity contribution in [2.24, 2.45) is 5.73 Å². The molecule has 0 radical (unpaired) electrons. The fraction of sp³-hybridized carbons (Fsp3) is 0.714. The summed E-state index contributed by atoms with van der Waals surface area (Å²) < 4.78 is 34.7. The minimum absolute atomic E-state index is 0.0389. The Hall–Kier alpha value is -0.420. The third-order valence-corrected chi connectivity index (χ3v) is 3.41. The van der Waals surface area contributed by atoms with Crippen LogP contribution in [0.25, 0.3) is 0 Å². The molecule has 0 aromatic heterocycles. The molecule has 2 N–H and O–H groups in total. The first-order chi connectivity index (χ1) is 5.55. The average Bonchev–Trinajstić information content (AvgIpc) is 2.03. The molecule has 0 aliphatic carbocycles. The van der Waals surface area contributed by atoms with Gasteiger partial charge in [-0.05, 0) is 12.0 Å². The van der Waals surface area contributed by atoms with E-state index in [0.717, 1.165) is 0 Å². The van der Waals surface area contributed by atoms with Crippen LogP contribution in [-0.4, -0.2) is 32.6 Å². The first-order valence-electron chi connectivity index (χ1n) is 3.78. The van der Waals surface area contributed by atoms with Crippen LogP contribution >= 0.6 is 0 Å². The van der Waals surface area contributed by atoms with Crippen LogP contribution in [0.1, 0.15) is 6.42 Å². The smallest absolute Gasteiger partial charge is 0.154 e. The van der Waals surface area contributed by atoms with Crippen molar-refractivity contribution in [3.8, 4) is 0 Å². The number of sulfone groups is 1. The van der Waals surface area contributed by atoms with Crippen LogP contribution in [-0.2, 0) is 9.84 Å². The van der Waals surface area contributed by atoms with E-state index in [1.165, 1.54) is 6.08 Å². The van der Waals surface area contributed by atoms with Crippen molar-refractivity contribution in [3.05, 3.63) is 11.6 Å². The van der Waals surface area contributed by atoms with Gasteiger partial charge in [0.2, 0.25) is 0 Å². The molecule has 0 spiro atoms. The van der Waals surface area contributed by atoms with Gasteiger partial charge in [0.1, 0.15) is 6.17 Å². The Bertz CT molecular complexity index is 284. The van der Waals surface area contributed by atoms with Crippen molar-refractivity contribution in [3.63, 3.8) is 0 Å². The molecule has 3 nitrogen and oxygen atoms in total. The van der Waals surface area contributed by atoms with E-state index in [0.29, 0.717) is 12.0 Å². The third-order valence-electron chi connectivity index (χ3n) is 1.91. The predicted molar refractivity (Wildman–Crippen MR) is 45.3 cm³/mol. The van der Waals surface area contributed by atoms with Gasteiger partial charge in [0, 0.05) is 6.54 Å². The highest BCUT2D eigenvalue weighted by Crippen LogP contribution is 2.17. The second-order valence-electron chi connectivity index (χ2n) is 2.85. The summed E-state index contributed by atoms with van der Waals surface area (Å²) in [6.07, 6.45) is 0.567. The monoisotopic (exact) mass is 193 g/mol. The summed E-state index contributed by atoms with van der Waals surface area (Å²) in [6, 6.07) is 0. The van der Waals surface area contributed by atoms with E-state index in [1.807, 2.05) is 0 Å². The van der Waals surface area contributed by atoms with Crippen LogP contribution in [0.5, 0.6) is 0 Å². The van der Waals surface area contributed by atoms with Gasteiger partial charge in [0.05, 0.1) is 11.5 Å². The number of nitrogens with two attached hydrogens (primary N) is 1. The topological polar surface area (TPSA) is 60.2 Å². The molecule has 0 aromatic carbocycles. The van der Waals surface area contributed by atoms with Crippen LogP contribution in [0.4, 0.5) is 4.39 Å². The summed E-state index contributed by atoms with van der Waals surface area (Å²) in [5.41, 5.74) is 5.64. The van der Waals surface area contributed by atoms with E-state index in [4.69, 9.17) is 5.73 Å². The SMILES string of the molecule is NCC(F)C1=CCS(=O)(=O)CC1. The van der Waals surface area contributed by atoms with Gasteiger partial charge in [-0.15, -0.1) is 0 Å². The first kappa shape index (κ1) is 9.67. The van der Waals surface area contributed by atoms with Gasteiger partial charge in [-0.1, -0.05) is 6.08 Å². The van der Waals surface area contributed by atoms with Crippen LogP contribution < -0.4 is 5.73 Å². The first-order valence-corrected chi connectivity index (χ1v) is 5.61. The highest BCUT2D eigenvalue weighted by atomic mass is 32.2. The van der Waals surface area contributed by atoms with E-state index in [2.05, 4.69) is 0 Å². The van der Waals surface area contributed by atoms with E-state index >= 15 is 0 Å². The lowest BCUT2D eigenvalue weighted by Gasteiger charge is -2.15. The normalized spacial score (nSPS) is 24.7. The van der Waals surface area contributed by atoms with Gasteiger partial charge in [-0.25, -0.2) is 12.8 Å². The summed E-state index contributed by atoms with van der Waals surface area (Å²) in [6.45, 7) is -0.0636. The lowest BCUT2D eigenvalue weighted by Crippen LogP contribution is -2.24. The van der Waals surface area contributed by atoms with Crippen LogP contribution in [0.15, 0.2) is 11.6 Å². The van der Waals surface area contributed by atoms with E-state index in [1.54, 1.807) is 0 Å². The third kappa shape index (κ3) is 2.28. The van der Waals surface area contributed by atoms with Crippen LogP contribution in [0.2, 0.25) is 0 Å². The molecule has 0 saturated carbocycles. The Morgan fingerprint density at radius 1 is 1.67 bits per heavy atom. The highest BCUT2D eigenvalue weighted by molar-refractivity contribution is 7.91. The average molecular weight is 193 g/mol. The second kappa shape index (κ2) is 3.53. The molecule has 1 atom stereocenters. The highest BCUT2D eigenvalue weighted by Gasteiger charge is 2.20. The number of hydrogen-bond acceptors (Lipinski definition) is 3. The van der Waals surface area contributed by atoms with Crippen LogP contribution in [0.3, 0.4) is 0 Å². The maximum absolute atomic E-state index is 12.9. The van der Waals surface area contributed by atoms with E-state index < -0.39 is 16.0 Å². The summed E-state index contributed by atoms with van der Waals surface area (Å²) in [7, 11) is -2.94. The molecular weight excluding hydrogens is 181 g/mol. The molecule has 1 aliphatic rings. The zero-order chi connectivity index (χ0) is 9.19. The quantitative estimate of drug-likeness (QED) is 0.629. The molecule has 1 heterocycles. The molecule has 12 heavy (non-hydrogen) atoms. The minimum atomic E-state index is -2.94. The molecule has 70 valence electrons. The van der Waals surface area contributed by atoms with E-state index in [9.17, 15) is 12.8 Å². The zero-order valence-corrected chi connectivity index (χ0v) is 7.48. The Kier molecular flexibility index (Phi) is 2.85. The molecule has 0 saturated heterocycles. The minimum Gasteiger partial charge on any atom is -0.327 e. The molecule has 1 rings (SSSR count). The number of halogens is 1. The molecular formula is C7H12FNO2S. The Labute approximate surface area is 71.4 Å². The Morgan fingerprint density at radius 2 is 2.33 bits per heavy atom. The van der Waals surface area contributed by atoms with Gasteiger partial charge in [-0.3, -0.25) is 0 Å². The molecule has 0 amide bonds. The Balaban J connectivity index is 2.68. The summed E-state index contributed by atoms with van der Waals surface area (Å²) in [4.78, 5) is 0. The number of rotatable bonds is 2. The molecule has 0 bridgehead atoms. The molecule has 0 aromatic rings. The lowest BCUT2D eigenvalue weighted by atomic mass is 10.1. The van der Waals surface area contributed by atoms with Gasteiger partial charge in [0.25, 0.3) is 0 Å². The largest absolute Gasteiger partial charge is 0.327 e. The van der Waals surface area contributed by atoms with E-state index in [-0.39, 0.29) is 18.1 Å². The van der Waals surface area contributed by atoms with Crippen LogP contribution in [0, 0.1) is 0 Å². The van der Waals surface area contributed by atoms with Crippen molar-refractivity contribution in [2.75, 3.05) is 18.1 Å². The number of hydrogen-bond donors (Lipinski definition) is 1. The fourth-order valence-corrected chi connectivity index (χ4v) is 2.31. The summed E-state index contributed by atoms with van der Waals surface area (Å²) >= 11 is 0. The molecule has 1 unspecified atom stereocenters. The summed E-state index contributed by atoms with van der Waals surface area (Å²) in [5, 5.41) is 0. The molecule has 1 aliphatic heterocycles. The summed E-state index contributed by atoms with van der Waals surface area (Å²) in [5.74, 6) is 0.0159. The van der Waals surface area contributed by atoms with Gasteiger partial charge in [0.15, 0.2) is 9.84 Å². The van der Waals surface area contributed by atoms with Gasteiger partial charge in [-0.2, -0.15) is 0 Å². The van der Waals surface area contributed by atoms with Crippen molar-refractivity contribution in [2.45, 2.75) is 12.6 Å². The molecule has 0 fully saturated rings.